The summed E-state index contributed by atoms with van der Waals surface area (Å²) in [6.07, 6.45) is 3.22. The van der Waals surface area contributed by atoms with Crippen LogP contribution in [0.2, 0.25) is 0 Å². The van der Waals surface area contributed by atoms with E-state index in [4.69, 9.17) is 0 Å². The van der Waals surface area contributed by atoms with Crippen molar-refractivity contribution in [1.29, 1.82) is 0 Å². The van der Waals surface area contributed by atoms with Crippen LogP contribution in [0, 0.1) is 6.92 Å². The SMILES string of the molecule is CSc1ccc(N2CCN(C(=O)c3cc(S(C)(=O)=O)ccc3C)CC2)cc1. The Morgan fingerprint density at radius 1 is 1.00 bits per heavy atom. The van der Waals surface area contributed by atoms with Crippen LogP contribution in [-0.2, 0) is 9.84 Å². The van der Waals surface area contributed by atoms with Gasteiger partial charge in [-0.1, -0.05) is 6.07 Å². The van der Waals surface area contributed by atoms with Crippen molar-refractivity contribution >= 4 is 33.2 Å². The van der Waals surface area contributed by atoms with Gasteiger partial charge in [0.25, 0.3) is 5.91 Å². The molecule has 2 aromatic rings. The first-order chi connectivity index (χ1) is 12.8. The monoisotopic (exact) mass is 404 g/mol. The first kappa shape index (κ1) is 19.8. The number of aryl methyl sites for hydroxylation is 1. The maximum Gasteiger partial charge on any atom is 0.254 e. The molecule has 0 radical (unpaired) electrons. The van der Waals surface area contributed by atoms with E-state index >= 15 is 0 Å². The number of hydrogen-bond acceptors (Lipinski definition) is 5. The van der Waals surface area contributed by atoms with E-state index in [0.29, 0.717) is 18.7 Å². The van der Waals surface area contributed by atoms with E-state index in [-0.39, 0.29) is 10.8 Å². The number of benzene rings is 2. The van der Waals surface area contributed by atoms with Gasteiger partial charge in [0.15, 0.2) is 9.84 Å². The van der Waals surface area contributed by atoms with Crippen molar-refractivity contribution in [3.8, 4) is 0 Å². The Hall–Kier alpha value is -1.99. The predicted molar refractivity (Wildman–Crippen MR) is 111 cm³/mol. The zero-order chi connectivity index (χ0) is 19.6. The zero-order valence-electron chi connectivity index (χ0n) is 15.8. The lowest BCUT2D eigenvalue weighted by Gasteiger charge is -2.36. The van der Waals surface area contributed by atoms with Gasteiger partial charge in [0.05, 0.1) is 4.90 Å². The molecule has 1 aliphatic heterocycles. The number of carbonyl (C=O) groups is 1. The Balaban J connectivity index is 1.71. The third-order valence-corrected chi connectivity index (χ3v) is 6.73. The van der Waals surface area contributed by atoms with Gasteiger partial charge in [-0.25, -0.2) is 8.42 Å². The molecule has 1 heterocycles. The van der Waals surface area contributed by atoms with E-state index in [0.717, 1.165) is 30.6 Å². The molecule has 144 valence electrons. The Bertz CT molecular complexity index is 932. The molecule has 0 N–H and O–H groups in total. The highest BCUT2D eigenvalue weighted by atomic mass is 32.2. The Kier molecular flexibility index (Phi) is 5.81. The van der Waals surface area contributed by atoms with E-state index in [1.54, 1.807) is 28.8 Å². The summed E-state index contributed by atoms with van der Waals surface area (Å²) in [6.45, 7) is 4.59. The molecule has 0 aromatic heterocycles. The molecular weight excluding hydrogens is 380 g/mol. The lowest BCUT2D eigenvalue weighted by Crippen LogP contribution is -2.49. The maximum atomic E-state index is 12.9. The van der Waals surface area contributed by atoms with Gasteiger partial charge in [-0.05, 0) is 55.1 Å². The van der Waals surface area contributed by atoms with Crippen LogP contribution in [0.5, 0.6) is 0 Å². The minimum atomic E-state index is -3.34. The van der Waals surface area contributed by atoms with E-state index in [2.05, 4.69) is 35.4 Å². The van der Waals surface area contributed by atoms with Gasteiger partial charge >= 0.3 is 0 Å². The maximum absolute atomic E-state index is 12.9. The topological polar surface area (TPSA) is 57.7 Å². The van der Waals surface area contributed by atoms with Gasteiger partial charge in [0.2, 0.25) is 0 Å². The van der Waals surface area contributed by atoms with Crippen LogP contribution in [-0.4, -0.2) is 57.9 Å². The number of sulfone groups is 1. The molecule has 1 amide bonds. The average Bonchev–Trinajstić information content (AvgIpc) is 2.67. The molecule has 1 fully saturated rings. The lowest BCUT2D eigenvalue weighted by molar-refractivity contribution is 0.0746. The fraction of sp³-hybridized carbons (Fsp3) is 0.350. The molecule has 0 atom stereocenters. The number of amides is 1. The highest BCUT2D eigenvalue weighted by Crippen LogP contribution is 2.23. The van der Waals surface area contributed by atoms with Crippen molar-refractivity contribution in [2.45, 2.75) is 16.7 Å². The molecule has 0 spiro atoms. The van der Waals surface area contributed by atoms with Crippen molar-refractivity contribution in [2.24, 2.45) is 0 Å². The number of carbonyl (C=O) groups excluding carboxylic acids is 1. The molecule has 0 saturated carbocycles. The number of thioether (sulfide) groups is 1. The fourth-order valence-electron chi connectivity index (χ4n) is 3.19. The lowest BCUT2D eigenvalue weighted by atomic mass is 10.1. The first-order valence-electron chi connectivity index (χ1n) is 8.78. The summed E-state index contributed by atoms with van der Waals surface area (Å²) in [5, 5.41) is 0. The standard InChI is InChI=1S/C20H24N2O3S2/c1-15-4-9-18(27(3,24)25)14-19(15)20(23)22-12-10-21(11-13-22)16-5-7-17(26-2)8-6-16/h4-9,14H,10-13H2,1-3H3. The number of rotatable bonds is 4. The normalized spacial score (nSPS) is 15.1. The number of hydrogen-bond donors (Lipinski definition) is 0. The second-order valence-electron chi connectivity index (χ2n) is 6.73. The molecule has 3 rings (SSSR count). The van der Waals surface area contributed by atoms with Gasteiger partial charge in [0.1, 0.15) is 0 Å². The Morgan fingerprint density at radius 2 is 1.63 bits per heavy atom. The van der Waals surface area contributed by atoms with E-state index in [1.807, 2.05) is 6.92 Å². The number of piperazine rings is 1. The molecule has 7 heteroatoms. The predicted octanol–water partition coefficient (Wildman–Crippen LogP) is 3.08. The van der Waals surface area contributed by atoms with Crippen molar-refractivity contribution in [1.82, 2.24) is 4.90 Å². The van der Waals surface area contributed by atoms with Gasteiger partial charge in [-0.15, -0.1) is 11.8 Å². The van der Waals surface area contributed by atoms with Gasteiger partial charge in [-0.2, -0.15) is 0 Å². The minimum absolute atomic E-state index is 0.101. The first-order valence-corrected chi connectivity index (χ1v) is 11.9. The third kappa shape index (κ3) is 4.47. The summed E-state index contributed by atoms with van der Waals surface area (Å²) in [5.74, 6) is -0.101. The Labute approximate surface area is 165 Å². The minimum Gasteiger partial charge on any atom is -0.368 e. The van der Waals surface area contributed by atoms with E-state index in [9.17, 15) is 13.2 Å². The second kappa shape index (κ2) is 7.94. The van der Waals surface area contributed by atoms with Crippen LogP contribution in [0.3, 0.4) is 0 Å². The zero-order valence-corrected chi connectivity index (χ0v) is 17.4. The molecule has 2 aromatic carbocycles. The smallest absolute Gasteiger partial charge is 0.254 e. The van der Waals surface area contributed by atoms with Crippen LogP contribution in [0.15, 0.2) is 52.3 Å². The third-order valence-electron chi connectivity index (χ3n) is 4.87. The Morgan fingerprint density at radius 3 is 2.19 bits per heavy atom. The largest absolute Gasteiger partial charge is 0.368 e. The summed E-state index contributed by atoms with van der Waals surface area (Å²) in [7, 11) is -3.34. The molecule has 0 aliphatic carbocycles. The number of nitrogens with zero attached hydrogens (tertiary/aromatic N) is 2. The molecule has 27 heavy (non-hydrogen) atoms. The summed E-state index contributed by atoms with van der Waals surface area (Å²) >= 11 is 1.72. The molecule has 1 saturated heterocycles. The highest BCUT2D eigenvalue weighted by Gasteiger charge is 2.24. The summed E-state index contributed by atoms with van der Waals surface area (Å²) < 4.78 is 23.6. The van der Waals surface area contributed by atoms with E-state index in [1.165, 1.54) is 11.0 Å². The van der Waals surface area contributed by atoms with Crippen LogP contribution in [0.25, 0.3) is 0 Å². The molecule has 0 unspecified atom stereocenters. The summed E-state index contributed by atoms with van der Waals surface area (Å²) in [4.78, 5) is 18.4. The van der Waals surface area contributed by atoms with Crippen LogP contribution >= 0.6 is 11.8 Å². The van der Waals surface area contributed by atoms with Crippen molar-refractivity contribution < 1.29 is 13.2 Å². The second-order valence-corrected chi connectivity index (χ2v) is 9.62. The summed E-state index contributed by atoms with van der Waals surface area (Å²) in [6, 6.07) is 13.2. The van der Waals surface area contributed by atoms with E-state index < -0.39 is 9.84 Å². The molecule has 0 bridgehead atoms. The quantitative estimate of drug-likeness (QED) is 0.733. The molecular formula is C20H24N2O3S2. The van der Waals surface area contributed by atoms with Crippen LogP contribution < -0.4 is 4.90 Å². The highest BCUT2D eigenvalue weighted by molar-refractivity contribution is 7.98. The van der Waals surface area contributed by atoms with Crippen molar-refractivity contribution in [3.05, 3.63) is 53.6 Å². The van der Waals surface area contributed by atoms with Gasteiger partial charge in [-0.3, -0.25) is 4.79 Å². The van der Waals surface area contributed by atoms with Gasteiger partial charge < -0.3 is 9.80 Å². The van der Waals surface area contributed by atoms with Gasteiger partial charge in [0, 0.05) is 48.6 Å². The van der Waals surface area contributed by atoms with Crippen molar-refractivity contribution in [2.75, 3.05) is 43.6 Å². The van der Waals surface area contributed by atoms with Crippen molar-refractivity contribution in [3.63, 3.8) is 0 Å². The van der Waals surface area contributed by atoms with Crippen LogP contribution in [0.4, 0.5) is 5.69 Å². The van der Waals surface area contributed by atoms with Crippen LogP contribution in [0.1, 0.15) is 15.9 Å². The average molecular weight is 405 g/mol. The molecule has 5 nitrogen and oxygen atoms in total. The summed E-state index contributed by atoms with van der Waals surface area (Å²) in [5.41, 5.74) is 2.42. The fourth-order valence-corrected chi connectivity index (χ4v) is 4.25. The molecule has 1 aliphatic rings. The number of anilines is 1.